The summed E-state index contributed by atoms with van der Waals surface area (Å²) in [4.78, 5) is 4.37. The molecule has 2 aromatic rings. The van der Waals surface area contributed by atoms with Crippen molar-refractivity contribution in [3.8, 4) is 0 Å². The predicted octanol–water partition coefficient (Wildman–Crippen LogP) is 1.20. The lowest BCUT2D eigenvalue weighted by Crippen LogP contribution is -1.94. The Bertz CT molecular complexity index is 476. The number of aryl methyl sites for hydroxylation is 3. The summed E-state index contributed by atoms with van der Waals surface area (Å²) in [5.41, 5.74) is 3.08. The highest BCUT2D eigenvalue weighted by Crippen LogP contribution is 2.17. The number of aliphatic hydroxyl groups excluding tert-OH is 1. The van der Waals surface area contributed by atoms with Crippen molar-refractivity contribution in [1.29, 1.82) is 0 Å². The molecule has 0 radical (unpaired) electrons. The molecular weight excluding hydrogens is 190 g/mol. The van der Waals surface area contributed by atoms with E-state index in [9.17, 15) is 0 Å². The van der Waals surface area contributed by atoms with Gasteiger partial charge in [-0.25, -0.2) is 4.98 Å². The van der Waals surface area contributed by atoms with Crippen LogP contribution in [-0.4, -0.2) is 26.5 Å². The molecule has 0 bridgehead atoms. The normalized spacial score (nSPS) is 11.1. The third kappa shape index (κ3) is 1.85. The van der Waals surface area contributed by atoms with Crippen molar-refractivity contribution >= 4 is 11.0 Å². The maximum Gasteiger partial charge on any atom is 0.157 e. The zero-order chi connectivity index (χ0) is 10.8. The molecule has 15 heavy (non-hydrogen) atoms. The SMILES string of the molecule is Cc1nn(C)c2ncc(CCCO)cc12. The van der Waals surface area contributed by atoms with Crippen LogP contribution in [0.5, 0.6) is 0 Å². The van der Waals surface area contributed by atoms with Gasteiger partial charge in [-0.05, 0) is 31.4 Å². The summed E-state index contributed by atoms with van der Waals surface area (Å²) in [6.07, 6.45) is 3.51. The zero-order valence-electron chi connectivity index (χ0n) is 9.06. The molecule has 0 aliphatic heterocycles. The van der Waals surface area contributed by atoms with E-state index in [1.807, 2.05) is 20.2 Å². The molecular formula is C11H15N3O. The molecule has 0 aromatic carbocycles. The molecule has 80 valence electrons. The van der Waals surface area contributed by atoms with Crippen LogP contribution in [0.1, 0.15) is 17.7 Å². The summed E-state index contributed by atoms with van der Waals surface area (Å²) in [5, 5.41) is 14.2. The Morgan fingerprint density at radius 3 is 3.00 bits per heavy atom. The molecule has 2 rings (SSSR count). The van der Waals surface area contributed by atoms with Gasteiger partial charge in [0.25, 0.3) is 0 Å². The minimum Gasteiger partial charge on any atom is -0.396 e. The third-order valence-corrected chi connectivity index (χ3v) is 2.54. The summed E-state index contributed by atoms with van der Waals surface area (Å²) >= 11 is 0. The zero-order valence-corrected chi connectivity index (χ0v) is 9.06. The summed E-state index contributed by atoms with van der Waals surface area (Å²) in [5.74, 6) is 0. The van der Waals surface area contributed by atoms with Gasteiger partial charge in [-0.2, -0.15) is 5.10 Å². The Labute approximate surface area is 88.6 Å². The van der Waals surface area contributed by atoms with Crippen LogP contribution in [-0.2, 0) is 13.5 Å². The molecule has 0 spiro atoms. The smallest absolute Gasteiger partial charge is 0.157 e. The fourth-order valence-electron chi connectivity index (χ4n) is 1.77. The van der Waals surface area contributed by atoms with Gasteiger partial charge in [0.2, 0.25) is 0 Å². The van der Waals surface area contributed by atoms with Crippen LogP contribution in [0.4, 0.5) is 0 Å². The van der Waals surface area contributed by atoms with Gasteiger partial charge in [0.15, 0.2) is 5.65 Å². The highest BCUT2D eigenvalue weighted by atomic mass is 16.2. The number of nitrogens with zero attached hydrogens (tertiary/aromatic N) is 3. The summed E-state index contributed by atoms with van der Waals surface area (Å²) in [6, 6.07) is 2.11. The largest absolute Gasteiger partial charge is 0.396 e. The quantitative estimate of drug-likeness (QED) is 0.819. The molecule has 0 saturated heterocycles. The van der Waals surface area contributed by atoms with Crippen molar-refractivity contribution in [2.45, 2.75) is 19.8 Å². The monoisotopic (exact) mass is 205 g/mol. The molecule has 0 saturated carbocycles. The Balaban J connectivity index is 2.41. The second-order valence-electron chi connectivity index (χ2n) is 3.75. The van der Waals surface area contributed by atoms with Crippen molar-refractivity contribution in [3.05, 3.63) is 23.5 Å². The molecule has 4 heteroatoms. The maximum absolute atomic E-state index is 8.76. The third-order valence-electron chi connectivity index (χ3n) is 2.54. The van der Waals surface area contributed by atoms with Gasteiger partial charge in [-0.3, -0.25) is 4.68 Å². The van der Waals surface area contributed by atoms with E-state index in [1.165, 1.54) is 0 Å². The lowest BCUT2D eigenvalue weighted by Gasteiger charge is -1.99. The second kappa shape index (κ2) is 3.98. The first kappa shape index (κ1) is 10.1. The van der Waals surface area contributed by atoms with Crippen LogP contribution in [0.15, 0.2) is 12.3 Å². The first-order valence-corrected chi connectivity index (χ1v) is 5.11. The van der Waals surface area contributed by atoms with Gasteiger partial charge in [0, 0.05) is 25.2 Å². The number of fused-ring (bicyclic) bond motifs is 1. The van der Waals surface area contributed by atoms with E-state index in [0.29, 0.717) is 0 Å². The molecule has 2 heterocycles. The van der Waals surface area contributed by atoms with Crippen molar-refractivity contribution in [2.75, 3.05) is 6.61 Å². The van der Waals surface area contributed by atoms with Gasteiger partial charge < -0.3 is 5.11 Å². The van der Waals surface area contributed by atoms with Crippen LogP contribution in [0.2, 0.25) is 0 Å². The van der Waals surface area contributed by atoms with E-state index in [-0.39, 0.29) is 6.61 Å². The fraction of sp³-hybridized carbons (Fsp3) is 0.455. The average Bonchev–Trinajstić information content (AvgIpc) is 2.52. The first-order valence-electron chi connectivity index (χ1n) is 5.11. The van der Waals surface area contributed by atoms with Crippen molar-refractivity contribution in [3.63, 3.8) is 0 Å². The van der Waals surface area contributed by atoms with Crippen molar-refractivity contribution in [1.82, 2.24) is 14.8 Å². The van der Waals surface area contributed by atoms with Gasteiger partial charge >= 0.3 is 0 Å². The number of aromatic nitrogens is 3. The van der Waals surface area contributed by atoms with Crippen molar-refractivity contribution in [2.24, 2.45) is 7.05 Å². The van der Waals surface area contributed by atoms with Crippen LogP contribution in [0.25, 0.3) is 11.0 Å². The van der Waals surface area contributed by atoms with Gasteiger partial charge in [0.05, 0.1) is 5.69 Å². The highest BCUT2D eigenvalue weighted by Gasteiger charge is 2.06. The van der Waals surface area contributed by atoms with Crippen LogP contribution in [0, 0.1) is 6.92 Å². The minimum absolute atomic E-state index is 0.226. The molecule has 0 aliphatic rings. The van der Waals surface area contributed by atoms with E-state index < -0.39 is 0 Å². The van der Waals surface area contributed by atoms with Gasteiger partial charge in [-0.15, -0.1) is 0 Å². The summed E-state index contributed by atoms with van der Waals surface area (Å²) < 4.78 is 1.79. The Morgan fingerprint density at radius 1 is 1.47 bits per heavy atom. The number of hydrogen-bond donors (Lipinski definition) is 1. The molecule has 0 unspecified atom stereocenters. The first-order chi connectivity index (χ1) is 7.22. The minimum atomic E-state index is 0.226. The Hall–Kier alpha value is -1.42. The van der Waals surface area contributed by atoms with E-state index in [2.05, 4.69) is 16.1 Å². The van der Waals surface area contributed by atoms with E-state index >= 15 is 0 Å². The van der Waals surface area contributed by atoms with Crippen LogP contribution < -0.4 is 0 Å². The lowest BCUT2D eigenvalue weighted by atomic mass is 10.1. The number of rotatable bonds is 3. The summed E-state index contributed by atoms with van der Waals surface area (Å²) in [6.45, 7) is 2.21. The van der Waals surface area contributed by atoms with Gasteiger partial charge in [0.1, 0.15) is 0 Å². The Kier molecular flexibility index (Phi) is 2.68. The molecule has 1 N–H and O–H groups in total. The van der Waals surface area contributed by atoms with E-state index in [1.54, 1.807) is 4.68 Å². The number of hydrogen-bond acceptors (Lipinski definition) is 3. The summed E-state index contributed by atoms with van der Waals surface area (Å²) in [7, 11) is 1.90. The molecule has 4 nitrogen and oxygen atoms in total. The van der Waals surface area contributed by atoms with Crippen LogP contribution >= 0.6 is 0 Å². The van der Waals surface area contributed by atoms with E-state index in [0.717, 1.165) is 35.1 Å². The average molecular weight is 205 g/mol. The molecule has 0 amide bonds. The van der Waals surface area contributed by atoms with Crippen molar-refractivity contribution < 1.29 is 5.11 Å². The standard InChI is InChI=1S/C11H15N3O/c1-8-10-6-9(4-3-5-15)7-12-11(10)14(2)13-8/h6-7,15H,3-5H2,1-2H3. The van der Waals surface area contributed by atoms with Gasteiger partial charge in [-0.1, -0.05) is 0 Å². The maximum atomic E-state index is 8.76. The van der Waals surface area contributed by atoms with E-state index in [4.69, 9.17) is 5.11 Å². The number of aliphatic hydroxyl groups is 1. The predicted molar refractivity (Wildman–Crippen MR) is 58.7 cm³/mol. The molecule has 0 atom stereocenters. The number of pyridine rings is 1. The molecule has 0 aliphatic carbocycles. The van der Waals surface area contributed by atoms with Crippen LogP contribution in [0.3, 0.4) is 0 Å². The fourth-order valence-corrected chi connectivity index (χ4v) is 1.77. The highest BCUT2D eigenvalue weighted by molar-refractivity contribution is 5.78. The Morgan fingerprint density at radius 2 is 2.27 bits per heavy atom. The molecule has 2 aromatic heterocycles. The lowest BCUT2D eigenvalue weighted by molar-refractivity contribution is 0.288. The topological polar surface area (TPSA) is 50.9 Å². The second-order valence-corrected chi connectivity index (χ2v) is 3.75. The molecule has 0 fully saturated rings.